The van der Waals surface area contributed by atoms with E-state index in [0.717, 1.165) is 6.33 Å². The Morgan fingerprint density at radius 3 is 2.77 bits per heavy atom. The van der Waals surface area contributed by atoms with Crippen LogP contribution in [0.5, 0.6) is 0 Å². The van der Waals surface area contributed by atoms with E-state index in [1.165, 1.54) is 12.1 Å². The third kappa shape index (κ3) is 1.08. The van der Waals surface area contributed by atoms with Crippen molar-refractivity contribution < 1.29 is 9.58 Å². The lowest BCUT2D eigenvalue weighted by atomic mass is 10.3. The molecule has 6 heteroatoms. The van der Waals surface area contributed by atoms with Gasteiger partial charge >= 0.3 is 11.8 Å². The molecule has 0 spiro atoms. The van der Waals surface area contributed by atoms with Crippen LogP contribution in [0.1, 0.15) is 0 Å². The summed E-state index contributed by atoms with van der Waals surface area (Å²) in [6.45, 7) is 0. The summed E-state index contributed by atoms with van der Waals surface area (Å²) in [5.41, 5.74) is 6.31. The molecule has 0 bridgehead atoms. The number of benzene rings is 1. The maximum absolute atomic E-state index is 11.1. The third-order valence-corrected chi connectivity index (χ3v) is 1.70. The molecule has 1 aromatic heterocycles. The molecule has 2 N–H and O–H groups in total. The average Bonchev–Trinajstić information content (AvgIpc) is 2.12. The van der Waals surface area contributed by atoms with Crippen molar-refractivity contribution in [2.75, 3.05) is 5.73 Å². The van der Waals surface area contributed by atoms with Gasteiger partial charge in [0.25, 0.3) is 0 Å². The fraction of sp³-hybridized carbons (Fsp3) is 0. The largest absolute Gasteiger partial charge is 0.710 e. The Labute approximate surface area is 73.0 Å². The molecule has 0 radical (unpaired) electrons. The van der Waals surface area contributed by atoms with E-state index in [1.807, 2.05) is 0 Å². The normalized spacial score (nSPS) is 10.5. The van der Waals surface area contributed by atoms with Gasteiger partial charge in [0, 0.05) is 17.8 Å². The maximum Gasteiger partial charge on any atom is 0.365 e. The molecule has 0 atom stereocenters. The Balaban J connectivity index is 2.92. The van der Waals surface area contributed by atoms with E-state index in [9.17, 15) is 10.4 Å². The van der Waals surface area contributed by atoms with Crippen LogP contribution < -0.4 is 15.3 Å². The summed E-state index contributed by atoms with van der Waals surface area (Å²) in [5, 5.41) is 25.5. The molecule has 66 valence electrons. The number of fused-ring (bicyclic) bond motifs is 1. The quantitative estimate of drug-likeness (QED) is 0.321. The van der Waals surface area contributed by atoms with Gasteiger partial charge in [0.05, 0.1) is 4.85 Å². The molecule has 0 unspecified atom stereocenters. The first kappa shape index (κ1) is 7.53. The predicted octanol–water partition coefficient (Wildman–Crippen LogP) is -0.916. The van der Waals surface area contributed by atoms with Crippen LogP contribution in [0.25, 0.3) is 11.0 Å². The fourth-order valence-electron chi connectivity index (χ4n) is 1.10. The van der Waals surface area contributed by atoms with E-state index in [1.54, 1.807) is 6.07 Å². The van der Waals surface area contributed by atoms with Crippen LogP contribution in [-0.2, 0) is 0 Å². The van der Waals surface area contributed by atoms with Crippen LogP contribution in [0.15, 0.2) is 24.5 Å². The molecular formula is C7H6N4O2. The van der Waals surface area contributed by atoms with Gasteiger partial charge in [-0.1, -0.05) is 0 Å². The molecule has 0 aliphatic heterocycles. The van der Waals surface area contributed by atoms with Crippen LogP contribution >= 0.6 is 0 Å². The maximum atomic E-state index is 11.1. The van der Waals surface area contributed by atoms with Crippen molar-refractivity contribution in [3.63, 3.8) is 0 Å². The second-order valence-corrected chi connectivity index (χ2v) is 2.58. The van der Waals surface area contributed by atoms with E-state index in [-0.39, 0.29) is 11.0 Å². The Morgan fingerprint density at radius 2 is 2.00 bits per heavy atom. The second-order valence-electron chi connectivity index (χ2n) is 2.58. The molecule has 0 saturated carbocycles. The SMILES string of the molecule is Nc1ccc2c(c1)[n+]([O-])cn[n+]2[O-]. The summed E-state index contributed by atoms with van der Waals surface area (Å²) < 4.78 is 0.500. The standard InChI is InChI=1S/C7H6N4O2/c8-5-1-2-6-7(3-5)10(12)4-9-11(6)13/h1-4H,8H2. The van der Waals surface area contributed by atoms with Gasteiger partial charge in [0.1, 0.15) is 0 Å². The molecule has 0 aliphatic carbocycles. The topological polar surface area (TPSA) is 92.8 Å². The molecule has 13 heavy (non-hydrogen) atoms. The van der Waals surface area contributed by atoms with E-state index in [4.69, 9.17) is 5.73 Å². The summed E-state index contributed by atoms with van der Waals surface area (Å²) in [6.07, 6.45) is 0.898. The zero-order chi connectivity index (χ0) is 9.42. The van der Waals surface area contributed by atoms with Gasteiger partial charge < -0.3 is 16.1 Å². The summed E-state index contributed by atoms with van der Waals surface area (Å²) in [5.74, 6) is 0. The Kier molecular flexibility index (Phi) is 1.42. The van der Waals surface area contributed by atoms with Gasteiger partial charge in [-0.25, -0.2) is 4.73 Å². The van der Waals surface area contributed by atoms with Crippen molar-refractivity contribution in [2.24, 2.45) is 0 Å². The fourth-order valence-corrected chi connectivity index (χ4v) is 1.10. The van der Waals surface area contributed by atoms with E-state index >= 15 is 0 Å². The highest BCUT2D eigenvalue weighted by molar-refractivity contribution is 5.71. The van der Waals surface area contributed by atoms with Gasteiger partial charge in [-0.3, -0.25) is 0 Å². The smallest absolute Gasteiger partial charge is 0.365 e. The Morgan fingerprint density at radius 1 is 1.23 bits per heavy atom. The third-order valence-electron chi connectivity index (χ3n) is 1.70. The Bertz CT molecular complexity index is 471. The first-order chi connectivity index (χ1) is 6.18. The number of hydrogen-bond acceptors (Lipinski definition) is 4. The minimum Gasteiger partial charge on any atom is -0.710 e. The number of aromatic nitrogens is 3. The number of nitrogens with two attached hydrogens (primary N) is 1. The first-order valence-corrected chi connectivity index (χ1v) is 3.56. The molecule has 0 fully saturated rings. The second kappa shape index (κ2) is 2.44. The van der Waals surface area contributed by atoms with Crippen molar-refractivity contribution >= 4 is 16.7 Å². The number of nitrogens with zero attached hydrogens (tertiary/aromatic N) is 3. The highest BCUT2D eigenvalue weighted by Crippen LogP contribution is 2.08. The summed E-state index contributed by atoms with van der Waals surface area (Å²) in [6, 6.07) is 4.43. The van der Waals surface area contributed by atoms with Gasteiger partial charge in [0.2, 0.25) is 10.6 Å². The highest BCUT2D eigenvalue weighted by atomic mass is 16.5. The molecule has 0 aliphatic rings. The van der Waals surface area contributed by atoms with Crippen LogP contribution in [0.4, 0.5) is 5.69 Å². The molecule has 1 heterocycles. The highest BCUT2D eigenvalue weighted by Gasteiger charge is 2.12. The molecule has 6 nitrogen and oxygen atoms in total. The lowest BCUT2D eigenvalue weighted by Crippen LogP contribution is -2.40. The van der Waals surface area contributed by atoms with E-state index in [2.05, 4.69) is 5.10 Å². The molecular weight excluding hydrogens is 172 g/mol. The van der Waals surface area contributed by atoms with Crippen molar-refractivity contribution in [2.45, 2.75) is 0 Å². The van der Waals surface area contributed by atoms with Crippen LogP contribution in [-0.4, -0.2) is 5.10 Å². The number of rotatable bonds is 0. The van der Waals surface area contributed by atoms with Gasteiger partial charge in [-0.2, -0.15) is 0 Å². The van der Waals surface area contributed by atoms with E-state index < -0.39 is 0 Å². The number of nitrogen functional groups attached to an aromatic ring is 1. The lowest BCUT2D eigenvalue weighted by molar-refractivity contribution is -0.680. The van der Waals surface area contributed by atoms with Crippen molar-refractivity contribution in [1.29, 1.82) is 0 Å². The first-order valence-electron chi connectivity index (χ1n) is 3.56. The Hall–Kier alpha value is -2.11. The summed E-state index contributed by atoms with van der Waals surface area (Å²) in [4.78, 5) is 0.378. The number of hydrogen-bond donors (Lipinski definition) is 1. The van der Waals surface area contributed by atoms with Crippen molar-refractivity contribution in [3.8, 4) is 0 Å². The average molecular weight is 178 g/mol. The molecule has 2 aromatic rings. The predicted molar refractivity (Wildman–Crippen MR) is 44.1 cm³/mol. The molecule has 0 amide bonds. The van der Waals surface area contributed by atoms with Gasteiger partial charge in [-0.05, 0) is 6.07 Å². The monoisotopic (exact) mass is 178 g/mol. The van der Waals surface area contributed by atoms with Crippen molar-refractivity contribution in [3.05, 3.63) is 34.9 Å². The van der Waals surface area contributed by atoms with Gasteiger partial charge in [-0.15, -0.1) is 0 Å². The molecule has 1 aromatic carbocycles. The zero-order valence-electron chi connectivity index (χ0n) is 6.54. The van der Waals surface area contributed by atoms with Crippen molar-refractivity contribution in [1.82, 2.24) is 5.10 Å². The lowest BCUT2D eigenvalue weighted by Gasteiger charge is -2.02. The minimum absolute atomic E-state index is 0.201. The van der Waals surface area contributed by atoms with E-state index in [0.29, 0.717) is 15.3 Å². The van der Waals surface area contributed by atoms with Crippen LogP contribution in [0.2, 0.25) is 0 Å². The zero-order valence-corrected chi connectivity index (χ0v) is 6.54. The minimum atomic E-state index is 0.201. The van der Waals surface area contributed by atoms with Gasteiger partial charge in [0.15, 0.2) is 0 Å². The summed E-state index contributed by atoms with van der Waals surface area (Å²) >= 11 is 0. The molecule has 2 rings (SSSR count). The number of anilines is 1. The summed E-state index contributed by atoms with van der Waals surface area (Å²) in [7, 11) is 0. The molecule has 0 saturated heterocycles. The van der Waals surface area contributed by atoms with Crippen LogP contribution in [0.3, 0.4) is 0 Å². The van der Waals surface area contributed by atoms with Crippen LogP contribution in [0, 0.1) is 10.4 Å².